The fourth-order valence-electron chi connectivity index (χ4n) is 2.61. The second-order valence-electron chi connectivity index (χ2n) is 5.34. The number of imidazole rings is 1. The summed E-state index contributed by atoms with van der Waals surface area (Å²) < 4.78 is 8.76. The summed E-state index contributed by atoms with van der Waals surface area (Å²) in [4.78, 5) is 42.4. The van der Waals surface area contributed by atoms with Crippen molar-refractivity contribution < 1.29 is 9.53 Å². The number of halogens is 1. The number of rotatable bonds is 2. The van der Waals surface area contributed by atoms with Gasteiger partial charge in [-0.1, -0.05) is 0 Å². The zero-order valence-electron chi connectivity index (χ0n) is 12.8. The fourth-order valence-corrected chi connectivity index (χ4v) is 2.84. The van der Waals surface area contributed by atoms with E-state index in [4.69, 9.17) is 16.3 Å². The number of hydrogen-bond acceptors (Lipinski definition) is 5. The third kappa shape index (κ3) is 2.55. The number of nitrogens with zero attached hydrogens (tertiary/aromatic N) is 5. The summed E-state index contributed by atoms with van der Waals surface area (Å²) in [7, 11) is 2.88. The van der Waals surface area contributed by atoms with Crippen molar-refractivity contribution in [3.8, 4) is 0 Å². The van der Waals surface area contributed by atoms with E-state index in [-0.39, 0.29) is 28.9 Å². The molecule has 0 atom stereocenters. The van der Waals surface area contributed by atoms with E-state index in [2.05, 4.69) is 4.98 Å². The van der Waals surface area contributed by atoms with Gasteiger partial charge in [0.25, 0.3) is 5.56 Å². The number of aryl methyl sites for hydroxylation is 1. The molecule has 0 N–H and O–H groups in total. The molecule has 1 saturated heterocycles. The standard InChI is InChI=1S/C13H16ClN5O4/c1-16-10-9(11(21)17(2)13(16)22)19(12(14)15-10)7-8(20)18-3-5-23-6-4-18/h3-7H2,1-2H3. The average molecular weight is 342 g/mol. The number of carbonyl (C=O) groups excluding carboxylic acids is 1. The Morgan fingerprint density at radius 2 is 1.87 bits per heavy atom. The van der Waals surface area contributed by atoms with Crippen molar-refractivity contribution in [3.05, 3.63) is 26.1 Å². The molecule has 0 aliphatic carbocycles. The Hall–Kier alpha value is -2.13. The lowest BCUT2D eigenvalue weighted by atomic mass is 10.4. The third-order valence-electron chi connectivity index (χ3n) is 3.96. The van der Waals surface area contributed by atoms with Crippen molar-refractivity contribution in [2.24, 2.45) is 14.1 Å². The summed E-state index contributed by atoms with van der Waals surface area (Å²) in [6.07, 6.45) is 0. The molecule has 2 aromatic heterocycles. The molecule has 3 heterocycles. The fraction of sp³-hybridized carbons (Fsp3) is 0.538. The normalized spacial score (nSPS) is 15.3. The number of amides is 1. The molecule has 0 bridgehead atoms. The first-order valence-corrected chi connectivity index (χ1v) is 7.47. The van der Waals surface area contributed by atoms with Gasteiger partial charge in [0.05, 0.1) is 13.2 Å². The number of carbonyl (C=O) groups is 1. The Balaban J connectivity index is 2.07. The van der Waals surface area contributed by atoms with Gasteiger partial charge in [-0.2, -0.15) is 4.98 Å². The predicted octanol–water partition coefficient (Wildman–Crippen LogP) is -1.05. The molecule has 2 aromatic rings. The van der Waals surface area contributed by atoms with Crippen molar-refractivity contribution in [1.82, 2.24) is 23.6 Å². The average Bonchev–Trinajstić information content (AvgIpc) is 2.88. The number of hydrogen-bond donors (Lipinski definition) is 0. The lowest BCUT2D eigenvalue weighted by Crippen LogP contribution is -2.42. The molecule has 1 aliphatic rings. The van der Waals surface area contributed by atoms with Crippen LogP contribution < -0.4 is 11.2 Å². The Morgan fingerprint density at radius 3 is 2.52 bits per heavy atom. The minimum Gasteiger partial charge on any atom is -0.378 e. The molecular weight excluding hydrogens is 326 g/mol. The van der Waals surface area contributed by atoms with E-state index in [1.807, 2.05) is 0 Å². The van der Waals surface area contributed by atoms with Crippen LogP contribution in [0.4, 0.5) is 0 Å². The molecule has 23 heavy (non-hydrogen) atoms. The molecule has 1 aliphatic heterocycles. The monoisotopic (exact) mass is 341 g/mol. The molecule has 0 aromatic carbocycles. The van der Waals surface area contributed by atoms with Crippen LogP contribution in [0.25, 0.3) is 11.2 Å². The molecule has 0 saturated carbocycles. The van der Waals surface area contributed by atoms with E-state index in [9.17, 15) is 14.4 Å². The van der Waals surface area contributed by atoms with Gasteiger partial charge in [-0.05, 0) is 11.6 Å². The van der Waals surface area contributed by atoms with Crippen LogP contribution in [-0.2, 0) is 30.2 Å². The minimum atomic E-state index is -0.530. The topological polar surface area (TPSA) is 91.4 Å². The molecule has 9 nitrogen and oxygen atoms in total. The summed E-state index contributed by atoms with van der Waals surface area (Å²) in [5.41, 5.74) is -0.723. The molecule has 124 valence electrons. The number of fused-ring (bicyclic) bond motifs is 1. The van der Waals surface area contributed by atoms with Gasteiger partial charge in [0.1, 0.15) is 6.54 Å². The Bertz CT molecular complexity index is 890. The van der Waals surface area contributed by atoms with E-state index in [0.29, 0.717) is 26.3 Å². The van der Waals surface area contributed by atoms with Crippen LogP contribution in [0.15, 0.2) is 9.59 Å². The van der Waals surface area contributed by atoms with Gasteiger partial charge in [-0.25, -0.2) is 4.79 Å². The summed E-state index contributed by atoms with van der Waals surface area (Å²) in [5, 5.41) is -0.0000839. The van der Waals surface area contributed by atoms with Gasteiger partial charge in [-0.15, -0.1) is 0 Å². The van der Waals surface area contributed by atoms with Gasteiger partial charge in [0, 0.05) is 27.2 Å². The zero-order chi connectivity index (χ0) is 16.7. The van der Waals surface area contributed by atoms with Crippen LogP contribution in [0.3, 0.4) is 0 Å². The minimum absolute atomic E-state index is 0.0000839. The van der Waals surface area contributed by atoms with Crippen LogP contribution in [0, 0.1) is 0 Å². The Morgan fingerprint density at radius 1 is 1.22 bits per heavy atom. The first-order valence-electron chi connectivity index (χ1n) is 7.09. The maximum Gasteiger partial charge on any atom is 0.332 e. The maximum absolute atomic E-state index is 12.4. The molecule has 1 amide bonds. The van der Waals surface area contributed by atoms with Crippen molar-refractivity contribution >= 4 is 28.7 Å². The van der Waals surface area contributed by atoms with Crippen molar-refractivity contribution in [1.29, 1.82) is 0 Å². The summed E-state index contributed by atoms with van der Waals surface area (Å²) in [6.45, 7) is 1.86. The Labute approximate surface area is 135 Å². The SMILES string of the molecule is Cn1c(=O)c2c(nc(Cl)n2CC(=O)N2CCOCC2)n(C)c1=O. The highest BCUT2D eigenvalue weighted by atomic mass is 35.5. The molecular formula is C13H16ClN5O4. The highest BCUT2D eigenvalue weighted by molar-refractivity contribution is 6.29. The molecule has 1 fully saturated rings. The first kappa shape index (κ1) is 15.8. The van der Waals surface area contributed by atoms with Crippen LogP contribution in [0.1, 0.15) is 0 Å². The smallest absolute Gasteiger partial charge is 0.332 e. The lowest BCUT2D eigenvalue weighted by Gasteiger charge is -2.27. The van der Waals surface area contributed by atoms with Crippen LogP contribution >= 0.6 is 11.6 Å². The highest BCUT2D eigenvalue weighted by Crippen LogP contribution is 2.16. The van der Waals surface area contributed by atoms with E-state index >= 15 is 0 Å². The number of ether oxygens (including phenoxy) is 1. The van der Waals surface area contributed by atoms with E-state index < -0.39 is 11.2 Å². The second kappa shape index (κ2) is 5.82. The van der Waals surface area contributed by atoms with Crippen molar-refractivity contribution in [3.63, 3.8) is 0 Å². The van der Waals surface area contributed by atoms with Gasteiger partial charge in [0.2, 0.25) is 11.2 Å². The van der Waals surface area contributed by atoms with Gasteiger partial charge in [0.15, 0.2) is 11.2 Å². The highest BCUT2D eigenvalue weighted by Gasteiger charge is 2.23. The number of morpholine rings is 1. The molecule has 10 heteroatoms. The summed E-state index contributed by atoms with van der Waals surface area (Å²) >= 11 is 6.09. The van der Waals surface area contributed by atoms with Gasteiger partial charge < -0.3 is 9.64 Å². The summed E-state index contributed by atoms with van der Waals surface area (Å²) in [5.74, 6) is -0.176. The number of aromatic nitrogens is 4. The summed E-state index contributed by atoms with van der Waals surface area (Å²) in [6, 6.07) is 0. The largest absolute Gasteiger partial charge is 0.378 e. The quantitative estimate of drug-likeness (QED) is 0.650. The van der Waals surface area contributed by atoms with Gasteiger partial charge >= 0.3 is 5.69 Å². The van der Waals surface area contributed by atoms with E-state index in [1.54, 1.807) is 4.90 Å². The van der Waals surface area contributed by atoms with Crippen LogP contribution in [-0.4, -0.2) is 55.8 Å². The lowest BCUT2D eigenvalue weighted by molar-refractivity contribution is -0.135. The van der Waals surface area contributed by atoms with Crippen LogP contribution in [0.5, 0.6) is 0 Å². The first-order chi connectivity index (χ1) is 10.9. The molecule has 3 rings (SSSR count). The zero-order valence-corrected chi connectivity index (χ0v) is 13.5. The van der Waals surface area contributed by atoms with E-state index in [1.165, 1.54) is 23.2 Å². The second-order valence-corrected chi connectivity index (χ2v) is 5.68. The maximum atomic E-state index is 12.4. The van der Waals surface area contributed by atoms with Crippen LogP contribution in [0.2, 0.25) is 5.28 Å². The molecule has 0 radical (unpaired) electrons. The predicted molar refractivity (Wildman–Crippen MR) is 82.6 cm³/mol. The Kier molecular flexibility index (Phi) is 3.99. The van der Waals surface area contributed by atoms with Crippen molar-refractivity contribution in [2.45, 2.75) is 6.54 Å². The van der Waals surface area contributed by atoms with Crippen molar-refractivity contribution in [2.75, 3.05) is 26.3 Å². The van der Waals surface area contributed by atoms with E-state index in [0.717, 1.165) is 4.57 Å². The molecule has 0 spiro atoms. The third-order valence-corrected chi connectivity index (χ3v) is 4.25. The molecule has 0 unspecified atom stereocenters. The van der Waals surface area contributed by atoms with Gasteiger partial charge in [-0.3, -0.25) is 23.3 Å².